The summed E-state index contributed by atoms with van der Waals surface area (Å²) < 4.78 is 0. The summed E-state index contributed by atoms with van der Waals surface area (Å²) in [6.45, 7) is 8.08. The number of nitrogens with zero attached hydrogens (tertiary/aromatic N) is 2. The second-order valence-electron chi connectivity index (χ2n) is 15.8. The van der Waals surface area contributed by atoms with Crippen LogP contribution in [0.25, 0.3) is 29.4 Å². The number of carboxylic acid groups (broad SMARTS) is 1. The molecule has 1 aliphatic rings. The second-order valence-corrected chi connectivity index (χ2v) is 16.2. The zero-order chi connectivity index (χ0) is 44.0. The van der Waals surface area contributed by atoms with Crippen LogP contribution in [0.5, 0.6) is 0 Å². The third-order valence-electron chi connectivity index (χ3n) is 11.4. The lowest BCUT2D eigenvalue weighted by Crippen LogP contribution is -2.35. The van der Waals surface area contributed by atoms with Crippen molar-refractivity contribution in [3.05, 3.63) is 237 Å². The number of benzene rings is 7. The lowest BCUT2D eigenvalue weighted by Gasteiger charge is -2.26. The first-order valence-corrected chi connectivity index (χ1v) is 21.3. The van der Waals surface area contributed by atoms with Gasteiger partial charge in [0.25, 0.3) is 5.91 Å². The molecule has 0 unspecified atom stereocenters. The molecule has 1 fully saturated rings. The van der Waals surface area contributed by atoms with E-state index in [1.54, 1.807) is 6.08 Å². The fraction of sp³-hybridized carbons (Fsp3) is 0.0893. The maximum atomic E-state index is 13.0. The molecule has 0 aromatic heterocycles. The van der Waals surface area contributed by atoms with Gasteiger partial charge in [-0.2, -0.15) is 0 Å². The number of rotatable bonds is 12. The van der Waals surface area contributed by atoms with Crippen molar-refractivity contribution in [2.24, 2.45) is 0 Å². The molecular formula is C56H47N3O3S. The standard InChI is InChI=1S/C56H47N3O3S/c1-37-15-23-46(31-39(37)3)51(44-11-7-5-8-12-44)33-41-17-25-48(26-18-41)59(50-29-21-43(22-30-50)35-53-55(62)58(36-54(60)61)56(63)57-53)49-27-19-42(20-28-49)34-52(45-13-9-6-10-14-45)47-24-16-38(2)40(4)32-47/h5-35H,36H2,1-4H3,(H,57,63)(H,60,61). The molecule has 0 atom stereocenters. The predicted octanol–water partition coefficient (Wildman–Crippen LogP) is 12.7. The van der Waals surface area contributed by atoms with Gasteiger partial charge in [-0.15, -0.1) is 0 Å². The molecule has 0 saturated carbocycles. The molecule has 7 heteroatoms. The topological polar surface area (TPSA) is 72.9 Å². The van der Waals surface area contributed by atoms with Crippen LogP contribution in [-0.2, 0) is 9.59 Å². The number of carbonyl (C=O) groups is 2. The molecule has 1 heterocycles. The van der Waals surface area contributed by atoms with Crippen molar-refractivity contribution in [3.63, 3.8) is 0 Å². The Kier molecular flexibility index (Phi) is 12.4. The van der Waals surface area contributed by atoms with Crippen LogP contribution < -0.4 is 10.2 Å². The lowest BCUT2D eigenvalue weighted by molar-refractivity contribution is -0.140. The van der Waals surface area contributed by atoms with Crippen LogP contribution in [0.15, 0.2) is 176 Å². The Balaban J connectivity index is 1.17. The number of thiocarbonyl (C=S) groups is 1. The summed E-state index contributed by atoms with van der Waals surface area (Å²) in [4.78, 5) is 27.6. The molecule has 0 radical (unpaired) electrons. The SMILES string of the molecule is Cc1ccc(C(=Cc2ccc(N(c3ccc(C=C4NC(=S)N(CC(=O)O)C4=O)cc3)c3ccc(C=C(c4ccccc4)c4ccc(C)c(C)c4)cc3)cc2)c2ccccc2)cc1C. The van der Waals surface area contributed by atoms with Crippen molar-refractivity contribution in [2.45, 2.75) is 27.7 Å². The van der Waals surface area contributed by atoms with Crippen LogP contribution in [-0.4, -0.2) is 33.5 Å². The molecule has 2 N–H and O–H groups in total. The predicted molar refractivity (Wildman–Crippen MR) is 263 cm³/mol. The molecule has 0 bridgehead atoms. The highest BCUT2D eigenvalue weighted by molar-refractivity contribution is 7.80. The number of hydrogen-bond acceptors (Lipinski definition) is 4. The monoisotopic (exact) mass is 841 g/mol. The minimum atomic E-state index is -1.14. The van der Waals surface area contributed by atoms with E-state index in [0.29, 0.717) is 0 Å². The average Bonchev–Trinajstić information content (AvgIpc) is 3.55. The first-order chi connectivity index (χ1) is 30.5. The van der Waals surface area contributed by atoms with Gasteiger partial charge in [0, 0.05) is 17.1 Å². The van der Waals surface area contributed by atoms with Crippen LogP contribution in [0.2, 0.25) is 0 Å². The van der Waals surface area contributed by atoms with Crippen LogP contribution in [0.3, 0.4) is 0 Å². The molecule has 7 aromatic rings. The van der Waals surface area contributed by atoms with Gasteiger partial charge in [0.1, 0.15) is 12.2 Å². The Labute approximate surface area is 374 Å². The van der Waals surface area contributed by atoms with E-state index in [1.807, 2.05) is 36.4 Å². The molecule has 0 aliphatic carbocycles. The molecule has 7 aromatic carbocycles. The minimum absolute atomic E-state index is 0.0720. The summed E-state index contributed by atoms with van der Waals surface area (Å²) in [6, 6.07) is 59.4. The van der Waals surface area contributed by atoms with E-state index in [2.05, 4.69) is 184 Å². The Morgan fingerprint density at radius 2 is 0.968 bits per heavy atom. The van der Waals surface area contributed by atoms with E-state index < -0.39 is 18.4 Å². The van der Waals surface area contributed by atoms with Crippen LogP contribution in [0.1, 0.15) is 61.2 Å². The summed E-state index contributed by atoms with van der Waals surface area (Å²) in [5, 5.41) is 12.2. The number of anilines is 3. The summed E-state index contributed by atoms with van der Waals surface area (Å²) in [7, 11) is 0. The molecule has 0 spiro atoms. The number of nitrogens with one attached hydrogen (secondary N) is 1. The van der Waals surface area contributed by atoms with Gasteiger partial charge in [0.15, 0.2) is 5.11 Å². The maximum absolute atomic E-state index is 13.0. The van der Waals surface area contributed by atoms with E-state index >= 15 is 0 Å². The molecule has 63 heavy (non-hydrogen) atoms. The van der Waals surface area contributed by atoms with E-state index in [0.717, 1.165) is 72.1 Å². The zero-order valence-electron chi connectivity index (χ0n) is 35.7. The van der Waals surface area contributed by atoms with E-state index in [4.69, 9.17) is 12.2 Å². The van der Waals surface area contributed by atoms with E-state index in [1.165, 1.54) is 22.3 Å². The number of aliphatic carboxylic acids is 1. The van der Waals surface area contributed by atoms with Crippen molar-refractivity contribution >= 4 is 75.6 Å². The Morgan fingerprint density at radius 1 is 0.556 bits per heavy atom. The quantitative estimate of drug-likeness (QED) is 0.0725. The van der Waals surface area contributed by atoms with Gasteiger partial charge >= 0.3 is 5.97 Å². The lowest BCUT2D eigenvalue weighted by atomic mass is 9.93. The fourth-order valence-corrected chi connectivity index (χ4v) is 7.93. The molecule has 1 amide bonds. The second kappa shape index (κ2) is 18.6. The summed E-state index contributed by atoms with van der Waals surface area (Å²) in [5.41, 5.74) is 17.9. The van der Waals surface area contributed by atoms with Gasteiger partial charge in [-0.1, -0.05) is 133 Å². The summed E-state index contributed by atoms with van der Waals surface area (Å²) in [5.74, 6) is -1.61. The smallest absolute Gasteiger partial charge is 0.323 e. The number of carboxylic acids is 1. The molecular weight excluding hydrogens is 795 g/mol. The van der Waals surface area contributed by atoms with Gasteiger partial charge in [0.05, 0.1) is 0 Å². The molecule has 1 aliphatic heterocycles. The molecule has 1 saturated heterocycles. The van der Waals surface area contributed by atoms with E-state index in [-0.39, 0.29) is 10.8 Å². The fourth-order valence-electron chi connectivity index (χ4n) is 7.68. The highest BCUT2D eigenvalue weighted by Gasteiger charge is 2.32. The Morgan fingerprint density at radius 3 is 1.37 bits per heavy atom. The summed E-state index contributed by atoms with van der Waals surface area (Å²) >= 11 is 5.25. The Bertz CT molecular complexity index is 2770. The number of amides is 1. The van der Waals surface area contributed by atoms with Crippen molar-refractivity contribution < 1.29 is 14.7 Å². The maximum Gasteiger partial charge on any atom is 0.323 e. The summed E-state index contributed by atoms with van der Waals surface area (Å²) in [6.07, 6.45) is 6.18. The van der Waals surface area contributed by atoms with Crippen molar-refractivity contribution in [3.8, 4) is 0 Å². The van der Waals surface area contributed by atoms with Gasteiger partial charge in [-0.25, -0.2) is 0 Å². The molecule has 6 nitrogen and oxygen atoms in total. The third kappa shape index (κ3) is 9.65. The van der Waals surface area contributed by atoms with Crippen LogP contribution in [0, 0.1) is 27.7 Å². The zero-order valence-corrected chi connectivity index (χ0v) is 36.5. The minimum Gasteiger partial charge on any atom is -0.480 e. The normalized spacial score (nSPS) is 13.7. The third-order valence-corrected chi connectivity index (χ3v) is 11.8. The van der Waals surface area contributed by atoms with Gasteiger partial charge in [-0.05, 0) is 167 Å². The molecule has 310 valence electrons. The van der Waals surface area contributed by atoms with Crippen molar-refractivity contribution in [1.29, 1.82) is 0 Å². The highest BCUT2D eigenvalue weighted by Crippen LogP contribution is 2.37. The first-order valence-electron chi connectivity index (χ1n) is 20.9. The number of carbonyl (C=O) groups excluding carboxylic acids is 1. The largest absolute Gasteiger partial charge is 0.480 e. The van der Waals surface area contributed by atoms with E-state index in [9.17, 15) is 14.7 Å². The highest BCUT2D eigenvalue weighted by atomic mass is 32.1. The van der Waals surface area contributed by atoms with Gasteiger partial charge < -0.3 is 15.3 Å². The molecule has 8 rings (SSSR count). The number of aryl methyl sites for hydroxylation is 4. The van der Waals surface area contributed by atoms with Gasteiger partial charge in [0.2, 0.25) is 0 Å². The Hall–Kier alpha value is -7.61. The van der Waals surface area contributed by atoms with Crippen LogP contribution >= 0.6 is 12.2 Å². The van der Waals surface area contributed by atoms with Gasteiger partial charge in [-0.3, -0.25) is 14.5 Å². The van der Waals surface area contributed by atoms with Crippen LogP contribution in [0.4, 0.5) is 17.1 Å². The van der Waals surface area contributed by atoms with Crippen molar-refractivity contribution in [1.82, 2.24) is 10.2 Å². The van der Waals surface area contributed by atoms with Crippen molar-refractivity contribution in [2.75, 3.05) is 11.4 Å². The number of hydrogen-bond donors (Lipinski definition) is 2. The average molecular weight is 842 g/mol. The first kappa shape index (κ1) is 42.1.